The van der Waals surface area contributed by atoms with E-state index in [9.17, 15) is 0 Å². The van der Waals surface area contributed by atoms with Crippen LogP contribution < -0.4 is 5.73 Å². The van der Waals surface area contributed by atoms with Crippen molar-refractivity contribution >= 4 is 5.71 Å². The standard InChI is InChI=1S/C12H15N3/c1-2-9-6-7-10(14-8-9)11-4-3-5-12(13)15-11/h3-4,6-8,12H,2,5,13H2,1H3. The molecule has 0 aliphatic carbocycles. The first kappa shape index (κ1) is 10.1. The van der Waals surface area contributed by atoms with E-state index in [1.54, 1.807) is 0 Å². The number of rotatable bonds is 2. The van der Waals surface area contributed by atoms with Crippen LogP contribution in [-0.4, -0.2) is 16.9 Å². The fraction of sp³-hybridized carbons (Fsp3) is 0.333. The summed E-state index contributed by atoms with van der Waals surface area (Å²) in [6.07, 6.45) is 7.63. The molecular weight excluding hydrogens is 186 g/mol. The lowest BCUT2D eigenvalue weighted by atomic mass is 10.1. The molecule has 0 bridgehead atoms. The summed E-state index contributed by atoms with van der Waals surface area (Å²) in [5, 5.41) is 0. The van der Waals surface area contributed by atoms with Crippen LogP contribution in [0, 0.1) is 0 Å². The maximum atomic E-state index is 5.75. The lowest BCUT2D eigenvalue weighted by Gasteiger charge is -2.11. The molecule has 3 nitrogen and oxygen atoms in total. The Morgan fingerprint density at radius 1 is 1.47 bits per heavy atom. The van der Waals surface area contributed by atoms with E-state index in [1.807, 2.05) is 24.4 Å². The monoisotopic (exact) mass is 201 g/mol. The molecule has 3 heteroatoms. The van der Waals surface area contributed by atoms with Crippen LogP contribution in [0.2, 0.25) is 0 Å². The summed E-state index contributed by atoms with van der Waals surface area (Å²) < 4.78 is 0. The SMILES string of the molecule is CCc1ccc(C2=NC(N)CC=C2)nc1. The van der Waals surface area contributed by atoms with Gasteiger partial charge in [0, 0.05) is 12.6 Å². The van der Waals surface area contributed by atoms with Crippen molar-refractivity contribution in [1.82, 2.24) is 4.98 Å². The van der Waals surface area contributed by atoms with Crippen molar-refractivity contribution in [2.45, 2.75) is 25.9 Å². The molecule has 0 saturated heterocycles. The number of hydrogen-bond acceptors (Lipinski definition) is 3. The fourth-order valence-electron chi connectivity index (χ4n) is 1.53. The number of allylic oxidation sites excluding steroid dienone is 1. The molecular formula is C12H15N3. The first-order valence-corrected chi connectivity index (χ1v) is 5.25. The van der Waals surface area contributed by atoms with Crippen molar-refractivity contribution < 1.29 is 0 Å². The zero-order chi connectivity index (χ0) is 10.7. The van der Waals surface area contributed by atoms with Crippen LogP contribution in [-0.2, 0) is 6.42 Å². The largest absolute Gasteiger partial charge is 0.309 e. The Kier molecular flexibility index (Phi) is 2.92. The predicted molar refractivity (Wildman–Crippen MR) is 61.9 cm³/mol. The second kappa shape index (κ2) is 4.36. The van der Waals surface area contributed by atoms with Crippen molar-refractivity contribution in [3.63, 3.8) is 0 Å². The van der Waals surface area contributed by atoms with Gasteiger partial charge < -0.3 is 5.73 Å². The zero-order valence-corrected chi connectivity index (χ0v) is 8.85. The molecule has 1 aliphatic heterocycles. The van der Waals surface area contributed by atoms with Crippen molar-refractivity contribution in [2.24, 2.45) is 10.7 Å². The molecule has 1 unspecified atom stereocenters. The van der Waals surface area contributed by atoms with E-state index < -0.39 is 0 Å². The Hall–Kier alpha value is -1.48. The second-order valence-corrected chi connectivity index (χ2v) is 3.62. The van der Waals surface area contributed by atoms with E-state index in [0.717, 1.165) is 24.2 Å². The minimum atomic E-state index is -0.113. The molecule has 2 N–H and O–H groups in total. The smallest absolute Gasteiger partial charge is 0.101 e. The Balaban J connectivity index is 2.26. The minimum Gasteiger partial charge on any atom is -0.309 e. The molecule has 1 aliphatic rings. The Bertz CT molecular complexity index is 390. The summed E-state index contributed by atoms with van der Waals surface area (Å²) in [5.74, 6) is 0. The topological polar surface area (TPSA) is 51.3 Å². The highest BCUT2D eigenvalue weighted by Crippen LogP contribution is 2.09. The van der Waals surface area contributed by atoms with E-state index >= 15 is 0 Å². The van der Waals surface area contributed by atoms with Gasteiger partial charge in [0.05, 0.1) is 11.4 Å². The van der Waals surface area contributed by atoms with Gasteiger partial charge in [0.1, 0.15) is 6.17 Å². The van der Waals surface area contributed by atoms with Gasteiger partial charge in [0.15, 0.2) is 0 Å². The van der Waals surface area contributed by atoms with Gasteiger partial charge in [-0.3, -0.25) is 9.98 Å². The first-order chi connectivity index (χ1) is 7.29. The lowest BCUT2D eigenvalue weighted by Crippen LogP contribution is -2.21. The van der Waals surface area contributed by atoms with Crippen LogP contribution >= 0.6 is 0 Å². The third kappa shape index (κ3) is 2.30. The average molecular weight is 201 g/mol. The average Bonchev–Trinajstić information content (AvgIpc) is 2.29. The molecule has 78 valence electrons. The normalized spacial score (nSPS) is 20.1. The van der Waals surface area contributed by atoms with E-state index in [-0.39, 0.29) is 6.17 Å². The van der Waals surface area contributed by atoms with Crippen molar-refractivity contribution in [3.8, 4) is 0 Å². The Morgan fingerprint density at radius 3 is 2.93 bits per heavy atom. The molecule has 1 aromatic heterocycles. The molecule has 0 aromatic carbocycles. The van der Waals surface area contributed by atoms with E-state index in [0.29, 0.717) is 0 Å². The van der Waals surface area contributed by atoms with Crippen LogP contribution in [0.15, 0.2) is 35.5 Å². The van der Waals surface area contributed by atoms with Gasteiger partial charge in [-0.1, -0.05) is 19.1 Å². The van der Waals surface area contributed by atoms with Gasteiger partial charge in [-0.15, -0.1) is 0 Å². The van der Waals surface area contributed by atoms with Gasteiger partial charge in [-0.05, 0) is 24.1 Å². The minimum absolute atomic E-state index is 0.113. The summed E-state index contributed by atoms with van der Waals surface area (Å²) in [7, 11) is 0. The third-order valence-electron chi connectivity index (χ3n) is 2.45. The van der Waals surface area contributed by atoms with Crippen LogP contribution in [0.3, 0.4) is 0 Å². The number of aryl methyl sites for hydroxylation is 1. The Morgan fingerprint density at radius 2 is 2.33 bits per heavy atom. The molecule has 1 atom stereocenters. The van der Waals surface area contributed by atoms with Gasteiger partial charge in [-0.2, -0.15) is 0 Å². The predicted octanol–water partition coefficient (Wildman–Crippen LogP) is 1.68. The lowest BCUT2D eigenvalue weighted by molar-refractivity contribution is 0.716. The summed E-state index contributed by atoms with van der Waals surface area (Å²) >= 11 is 0. The van der Waals surface area contributed by atoms with Crippen molar-refractivity contribution in [3.05, 3.63) is 41.7 Å². The molecule has 0 spiro atoms. The van der Waals surface area contributed by atoms with Gasteiger partial charge in [0.25, 0.3) is 0 Å². The molecule has 2 rings (SSSR count). The molecule has 0 saturated carbocycles. The van der Waals surface area contributed by atoms with Crippen LogP contribution in [0.1, 0.15) is 24.6 Å². The van der Waals surface area contributed by atoms with Gasteiger partial charge in [-0.25, -0.2) is 0 Å². The fourth-order valence-corrected chi connectivity index (χ4v) is 1.53. The number of nitrogens with zero attached hydrogens (tertiary/aromatic N) is 2. The highest BCUT2D eigenvalue weighted by atomic mass is 15.0. The van der Waals surface area contributed by atoms with E-state index in [1.165, 1.54) is 5.56 Å². The zero-order valence-electron chi connectivity index (χ0n) is 8.85. The number of aromatic nitrogens is 1. The second-order valence-electron chi connectivity index (χ2n) is 3.62. The number of aliphatic imine (C=N–C) groups is 1. The van der Waals surface area contributed by atoms with E-state index in [4.69, 9.17) is 5.73 Å². The van der Waals surface area contributed by atoms with Gasteiger partial charge >= 0.3 is 0 Å². The van der Waals surface area contributed by atoms with E-state index in [2.05, 4.69) is 23.0 Å². The molecule has 0 radical (unpaired) electrons. The highest BCUT2D eigenvalue weighted by Gasteiger charge is 2.08. The van der Waals surface area contributed by atoms with Crippen LogP contribution in [0.5, 0.6) is 0 Å². The summed E-state index contributed by atoms with van der Waals surface area (Å²) in [6, 6.07) is 4.08. The quantitative estimate of drug-likeness (QED) is 0.791. The maximum Gasteiger partial charge on any atom is 0.101 e. The third-order valence-corrected chi connectivity index (χ3v) is 2.45. The highest BCUT2D eigenvalue weighted by molar-refractivity contribution is 6.07. The molecule has 0 amide bonds. The van der Waals surface area contributed by atoms with Gasteiger partial charge in [0.2, 0.25) is 0 Å². The number of hydrogen-bond donors (Lipinski definition) is 1. The number of dihydropyridines is 1. The van der Waals surface area contributed by atoms with Crippen LogP contribution in [0.4, 0.5) is 0 Å². The number of nitrogens with two attached hydrogens (primary N) is 1. The summed E-state index contributed by atoms with van der Waals surface area (Å²) in [5.41, 5.74) is 8.78. The molecule has 2 heterocycles. The summed E-state index contributed by atoms with van der Waals surface area (Å²) in [6.45, 7) is 2.12. The van der Waals surface area contributed by atoms with Crippen LogP contribution in [0.25, 0.3) is 0 Å². The Labute approximate surface area is 89.7 Å². The first-order valence-electron chi connectivity index (χ1n) is 5.25. The molecule has 0 fully saturated rings. The molecule has 15 heavy (non-hydrogen) atoms. The maximum absolute atomic E-state index is 5.75. The van der Waals surface area contributed by atoms with Crippen molar-refractivity contribution in [1.29, 1.82) is 0 Å². The molecule has 1 aromatic rings. The summed E-state index contributed by atoms with van der Waals surface area (Å²) in [4.78, 5) is 8.72. The van der Waals surface area contributed by atoms with Crippen molar-refractivity contribution in [2.75, 3.05) is 0 Å². The number of pyridine rings is 1.